The number of carbonyl (C=O) groups is 1. The number of alkyl halides is 2. The molecule has 4 nitrogen and oxygen atoms in total. The van der Waals surface area contributed by atoms with Gasteiger partial charge in [-0.15, -0.1) is 0 Å². The smallest absolute Gasteiger partial charge is 0.285 e. The molecule has 0 fully saturated rings. The van der Waals surface area contributed by atoms with Gasteiger partial charge in [0.15, 0.2) is 0 Å². The highest BCUT2D eigenvalue weighted by molar-refractivity contribution is 7.17. The van der Waals surface area contributed by atoms with Crippen molar-refractivity contribution in [2.45, 2.75) is 60.0 Å². The van der Waals surface area contributed by atoms with Crippen molar-refractivity contribution < 1.29 is 13.6 Å². The summed E-state index contributed by atoms with van der Waals surface area (Å²) in [5.74, 6) is 1.18. The molecule has 1 unspecified atom stereocenters. The van der Waals surface area contributed by atoms with Crippen LogP contribution in [0.15, 0.2) is 18.2 Å². The van der Waals surface area contributed by atoms with Gasteiger partial charge in [-0.3, -0.25) is 4.79 Å². The van der Waals surface area contributed by atoms with Crippen LogP contribution in [-0.2, 0) is 10.5 Å². The third-order valence-electron chi connectivity index (χ3n) is 3.93. The number of nitrogens with one attached hydrogen (secondary N) is 1. The van der Waals surface area contributed by atoms with Gasteiger partial charge in [-0.2, -0.15) is 14.0 Å². The molecule has 1 rings (SSSR count). The number of carbonyl (C=O) groups excluding carboxylic acids is 1. The van der Waals surface area contributed by atoms with Crippen LogP contribution >= 0.6 is 9.24 Å². The minimum atomic E-state index is -3.08. The van der Waals surface area contributed by atoms with Crippen LogP contribution in [0.5, 0.6) is 0 Å². The summed E-state index contributed by atoms with van der Waals surface area (Å²) >= 11 is 0. The second kappa shape index (κ2) is 15.2. The summed E-state index contributed by atoms with van der Waals surface area (Å²) in [5, 5.41) is 11.8. The zero-order valence-electron chi connectivity index (χ0n) is 19.1. The number of nitriles is 1. The van der Waals surface area contributed by atoms with Crippen LogP contribution in [0.3, 0.4) is 0 Å². The maximum Gasteiger partial charge on any atom is 0.285 e. The first-order chi connectivity index (χ1) is 13.4. The molecule has 0 spiro atoms. The lowest BCUT2D eigenvalue weighted by atomic mass is 10.1. The second-order valence-electron chi connectivity index (χ2n) is 7.28. The van der Waals surface area contributed by atoms with E-state index in [-0.39, 0.29) is 17.0 Å². The van der Waals surface area contributed by atoms with E-state index in [0.29, 0.717) is 30.5 Å². The van der Waals surface area contributed by atoms with Crippen LogP contribution in [0.4, 0.5) is 14.5 Å². The average molecular weight is 430 g/mol. The van der Waals surface area contributed by atoms with Gasteiger partial charge < -0.3 is 10.2 Å². The predicted octanol–water partition coefficient (Wildman–Crippen LogP) is 6.09. The van der Waals surface area contributed by atoms with E-state index in [4.69, 9.17) is 5.26 Å². The standard InChI is InChI=1S/C12H15F2N2P.C8H17NO.C2H6/c1-8(2)7-16-10-4-3-9(6-15)11(5-10)12(13,14)17;1-5-7(2)6-8(10)9(3)4;1-2/h3-5,8,16H,7,17H2,1-2H3;7H,5-6H2,1-4H3;1-2H3/t;7-;/m.0./s1. The molecule has 0 saturated heterocycles. The SMILES string of the molecule is CC.CC(C)CNc1ccc(C#N)c(C(F)(F)P)c1.CC[C@H](C)CC(=O)N(C)C. The van der Waals surface area contributed by atoms with Gasteiger partial charge in [-0.25, -0.2) is 0 Å². The lowest BCUT2D eigenvalue weighted by molar-refractivity contribution is -0.129. The van der Waals surface area contributed by atoms with E-state index in [0.717, 1.165) is 6.42 Å². The Morgan fingerprint density at radius 2 is 1.83 bits per heavy atom. The summed E-state index contributed by atoms with van der Waals surface area (Å²) in [6.07, 6.45) is 1.77. The number of nitrogens with zero attached hydrogens (tertiary/aromatic N) is 2. The van der Waals surface area contributed by atoms with Gasteiger partial charge in [0.1, 0.15) is 0 Å². The van der Waals surface area contributed by atoms with Gasteiger partial charge in [0.05, 0.1) is 11.6 Å². The van der Waals surface area contributed by atoms with Crippen LogP contribution in [0.25, 0.3) is 0 Å². The van der Waals surface area contributed by atoms with Crippen molar-refractivity contribution in [1.82, 2.24) is 4.90 Å². The Balaban J connectivity index is 0. The third-order valence-corrected chi connectivity index (χ3v) is 4.24. The minimum Gasteiger partial charge on any atom is -0.385 e. The van der Waals surface area contributed by atoms with Crippen molar-refractivity contribution in [3.05, 3.63) is 29.3 Å². The Kier molecular flexibility index (Phi) is 15.4. The Morgan fingerprint density at radius 1 is 1.28 bits per heavy atom. The first kappa shape index (κ1) is 29.5. The molecule has 0 aliphatic carbocycles. The van der Waals surface area contributed by atoms with Crippen molar-refractivity contribution in [3.8, 4) is 6.07 Å². The van der Waals surface area contributed by atoms with Gasteiger partial charge in [0.2, 0.25) is 5.91 Å². The highest BCUT2D eigenvalue weighted by atomic mass is 31.0. The molecule has 0 bridgehead atoms. The molecule has 29 heavy (non-hydrogen) atoms. The van der Waals surface area contributed by atoms with Crippen molar-refractivity contribution in [2.24, 2.45) is 11.8 Å². The van der Waals surface area contributed by atoms with E-state index in [1.807, 2.05) is 27.7 Å². The molecule has 0 saturated carbocycles. The summed E-state index contributed by atoms with van der Waals surface area (Å²) in [7, 11) is 5.05. The fourth-order valence-electron chi connectivity index (χ4n) is 1.97. The lowest BCUT2D eigenvalue weighted by Gasteiger charge is -2.15. The molecule has 1 N–H and O–H groups in total. The highest BCUT2D eigenvalue weighted by Gasteiger charge is 2.28. The summed E-state index contributed by atoms with van der Waals surface area (Å²) in [5.41, 5.74) is -2.74. The van der Waals surface area contributed by atoms with Crippen LogP contribution in [-0.4, -0.2) is 31.4 Å². The van der Waals surface area contributed by atoms with Gasteiger partial charge in [0.25, 0.3) is 5.66 Å². The van der Waals surface area contributed by atoms with Crippen LogP contribution in [0, 0.1) is 23.2 Å². The van der Waals surface area contributed by atoms with E-state index in [9.17, 15) is 13.6 Å². The zero-order chi connectivity index (χ0) is 23.2. The number of halogens is 2. The lowest BCUT2D eigenvalue weighted by Crippen LogP contribution is -2.23. The van der Waals surface area contributed by atoms with Crippen molar-refractivity contribution in [1.29, 1.82) is 5.26 Å². The first-order valence-electron chi connectivity index (χ1n) is 10.1. The molecular formula is C22H38F2N3OP. The number of rotatable bonds is 7. The fourth-order valence-corrected chi connectivity index (χ4v) is 2.21. The van der Waals surface area contributed by atoms with Crippen molar-refractivity contribution in [3.63, 3.8) is 0 Å². The quantitative estimate of drug-likeness (QED) is 0.534. The summed E-state index contributed by atoms with van der Waals surface area (Å²) in [6.45, 7) is 13.0. The van der Waals surface area contributed by atoms with Gasteiger partial charge in [-0.05, 0) is 30.0 Å². The largest absolute Gasteiger partial charge is 0.385 e. The molecule has 1 aromatic carbocycles. The molecule has 0 heterocycles. The Labute approximate surface area is 178 Å². The summed E-state index contributed by atoms with van der Waals surface area (Å²) in [6, 6.07) is 6.15. The zero-order valence-corrected chi connectivity index (χ0v) is 20.3. The van der Waals surface area contributed by atoms with Crippen molar-refractivity contribution in [2.75, 3.05) is 26.0 Å². The number of anilines is 1. The van der Waals surface area contributed by atoms with E-state index >= 15 is 0 Å². The summed E-state index contributed by atoms with van der Waals surface area (Å²) < 4.78 is 26.5. The van der Waals surface area contributed by atoms with Gasteiger partial charge >= 0.3 is 0 Å². The molecule has 0 aromatic heterocycles. The molecule has 2 atom stereocenters. The molecular weight excluding hydrogens is 391 g/mol. The number of benzene rings is 1. The Morgan fingerprint density at radius 3 is 2.21 bits per heavy atom. The Hall–Kier alpha value is -1.73. The molecule has 0 radical (unpaired) electrons. The maximum atomic E-state index is 13.3. The predicted molar refractivity (Wildman–Crippen MR) is 122 cm³/mol. The molecule has 0 aliphatic rings. The van der Waals surface area contributed by atoms with Gasteiger partial charge in [0, 0.05) is 38.3 Å². The monoisotopic (exact) mass is 429 g/mol. The van der Waals surface area contributed by atoms with E-state index < -0.39 is 5.66 Å². The van der Waals surface area contributed by atoms with E-state index in [2.05, 4.69) is 19.2 Å². The Bertz CT molecular complexity index is 638. The fraction of sp³-hybridized carbons (Fsp3) is 0.636. The molecule has 0 aliphatic heterocycles. The topological polar surface area (TPSA) is 56.1 Å². The van der Waals surface area contributed by atoms with E-state index in [1.165, 1.54) is 21.4 Å². The maximum absolute atomic E-state index is 13.3. The first-order valence-corrected chi connectivity index (χ1v) is 10.6. The number of hydrogen-bond donors (Lipinski definition) is 1. The molecule has 166 valence electrons. The van der Waals surface area contributed by atoms with Gasteiger partial charge in [-0.1, -0.05) is 57.2 Å². The van der Waals surface area contributed by atoms with E-state index in [1.54, 1.807) is 31.1 Å². The minimum absolute atomic E-state index is 0.0000898. The number of hydrogen-bond acceptors (Lipinski definition) is 3. The number of amides is 1. The summed E-state index contributed by atoms with van der Waals surface area (Å²) in [4.78, 5) is 12.7. The third kappa shape index (κ3) is 13.2. The van der Waals surface area contributed by atoms with Crippen LogP contribution in [0.1, 0.15) is 65.5 Å². The molecule has 7 heteroatoms. The second-order valence-corrected chi connectivity index (χ2v) is 8.00. The van der Waals surface area contributed by atoms with Crippen LogP contribution < -0.4 is 5.32 Å². The highest BCUT2D eigenvalue weighted by Crippen LogP contribution is 2.38. The van der Waals surface area contributed by atoms with Crippen molar-refractivity contribution >= 4 is 20.8 Å². The molecule has 1 amide bonds. The van der Waals surface area contributed by atoms with Crippen LogP contribution in [0.2, 0.25) is 0 Å². The normalized spacial score (nSPS) is 11.3. The average Bonchev–Trinajstić information content (AvgIpc) is 2.67. The molecule has 1 aromatic rings.